The number of halogens is 3. The molecule has 1 amide bonds. The lowest BCUT2D eigenvalue weighted by atomic mass is 9.97. The molecule has 150 valence electrons. The highest BCUT2D eigenvalue weighted by molar-refractivity contribution is 6.08. The molecule has 1 N–H and O–H groups in total. The summed E-state index contributed by atoms with van der Waals surface area (Å²) >= 11 is 0. The molecule has 0 fully saturated rings. The third-order valence-electron chi connectivity index (χ3n) is 5.23. The summed E-state index contributed by atoms with van der Waals surface area (Å²) in [5.41, 5.74) is 5.34. The first-order valence-electron chi connectivity index (χ1n) is 9.43. The molecule has 3 aromatic carbocycles. The first-order valence-corrected chi connectivity index (χ1v) is 9.43. The molecule has 29 heavy (non-hydrogen) atoms. The van der Waals surface area contributed by atoms with E-state index >= 15 is 0 Å². The molecule has 5 heteroatoms. The maximum absolute atomic E-state index is 13.5. The number of anilines is 1. The van der Waals surface area contributed by atoms with Crippen LogP contribution in [0.15, 0.2) is 66.7 Å². The third-order valence-corrected chi connectivity index (χ3v) is 5.23. The number of aryl methyl sites for hydroxylation is 2. The van der Waals surface area contributed by atoms with Crippen LogP contribution in [0.5, 0.6) is 0 Å². The van der Waals surface area contributed by atoms with Crippen LogP contribution in [0.1, 0.15) is 40.4 Å². The predicted molar refractivity (Wildman–Crippen MR) is 110 cm³/mol. The van der Waals surface area contributed by atoms with Crippen molar-refractivity contribution in [2.75, 3.05) is 5.32 Å². The molecule has 0 heterocycles. The molecule has 0 saturated carbocycles. The maximum atomic E-state index is 13.5. The predicted octanol–water partition coefficient (Wildman–Crippen LogP) is 6.36. The second-order valence-corrected chi connectivity index (χ2v) is 7.30. The number of carbonyl (C=O) groups is 1. The van der Waals surface area contributed by atoms with E-state index in [-0.39, 0.29) is 16.2 Å². The molecule has 2 nitrogen and oxygen atoms in total. The Kier molecular flexibility index (Phi) is 5.78. The van der Waals surface area contributed by atoms with E-state index in [1.807, 2.05) is 24.3 Å². The average Bonchev–Trinajstić information content (AvgIpc) is 3.15. The van der Waals surface area contributed by atoms with Gasteiger partial charge in [0.15, 0.2) is 0 Å². The normalized spacial score (nSPS) is 12.8. The third kappa shape index (κ3) is 4.34. The first-order chi connectivity index (χ1) is 13.4. The van der Waals surface area contributed by atoms with Crippen LogP contribution in [0, 0.1) is 0 Å². The van der Waals surface area contributed by atoms with Crippen molar-refractivity contribution >= 4 is 11.6 Å². The lowest BCUT2D eigenvalue weighted by Crippen LogP contribution is -2.13. The van der Waals surface area contributed by atoms with E-state index in [1.165, 1.54) is 23.3 Å². The van der Waals surface area contributed by atoms with Crippen molar-refractivity contribution < 1.29 is 18.3 Å². The molecule has 0 radical (unpaired) electrons. The van der Waals surface area contributed by atoms with Gasteiger partial charge in [-0.3, -0.25) is 9.50 Å². The fourth-order valence-corrected chi connectivity index (χ4v) is 3.72. The quantitative estimate of drug-likeness (QED) is 0.545. The van der Waals surface area contributed by atoms with E-state index in [9.17, 15) is 13.6 Å². The van der Waals surface area contributed by atoms with Crippen LogP contribution < -0.4 is 5.32 Å². The Bertz CT molecular complexity index is 1020. The van der Waals surface area contributed by atoms with Crippen molar-refractivity contribution in [3.05, 3.63) is 89.0 Å². The Hall–Kier alpha value is -3.08. The summed E-state index contributed by atoms with van der Waals surface area (Å²) < 4.78 is 26.9. The maximum Gasteiger partial charge on any atom is 0.270 e. The lowest BCUT2D eigenvalue weighted by Gasteiger charge is -2.13. The van der Waals surface area contributed by atoms with Gasteiger partial charge in [0.05, 0.1) is 0 Å². The van der Waals surface area contributed by atoms with Gasteiger partial charge in [0, 0.05) is 23.7 Å². The van der Waals surface area contributed by atoms with Crippen LogP contribution in [0.25, 0.3) is 11.1 Å². The number of alkyl halides is 2. The number of nitrogens with one attached hydrogen (secondary N) is 1. The molecule has 0 aromatic heterocycles. The summed E-state index contributed by atoms with van der Waals surface area (Å²) in [7, 11) is 0. The summed E-state index contributed by atoms with van der Waals surface area (Å²) in [5, 5.41) is 2.97. The molecular weight excluding hydrogens is 375 g/mol. The van der Waals surface area contributed by atoms with Gasteiger partial charge in [0.2, 0.25) is 0 Å². The van der Waals surface area contributed by atoms with Gasteiger partial charge in [0.25, 0.3) is 11.8 Å². The summed E-state index contributed by atoms with van der Waals surface area (Å²) in [4.78, 5) is 12.9. The number of hydrogen-bond donors (Lipinski definition) is 1. The number of hydrogen-bond acceptors (Lipinski definition) is 1. The molecule has 0 aliphatic heterocycles. The fraction of sp³-hybridized carbons (Fsp3) is 0.208. The van der Waals surface area contributed by atoms with Crippen molar-refractivity contribution in [3.8, 4) is 11.1 Å². The minimum absolute atomic E-state index is 0. The van der Waals surface area contributed by atoms with Gasteiger partial charge in [-0.2, -0.15) is 0 Å². The molecule has 0 bridgehead atoms. The van der Waals surface area contributed by atoms with E-state index in [0.717, 1.165) is 37.4 Å². The Morgan fingerprint density at radius 3 is 2.34 bits per heavy atom. The molecule has 1 aliphatic carbocycles. The van der Waals surface area contributed by atoms with Gasteiger partial charge in [-0.25, -0.2) is 8.78 Å². The molecular formula is C24H22F3NO. The van der Waals surface area contributed by atoms with Crippen LogP contribution in [-0.4, -0.2) is 5.91 Å². The van der Waals surface area contributed by atoms with Crippen LogP contribution in [0.2, 0.25) is 0 Å². The van der Waals surface area contributed by atoms with Crippen molar-refractivity contribution in [2.24, 2.45) is 0 Å². The van der Waals surface area contributed by atoms with Crippen LogP contribution in [-0.2, 0) is 18.8 Å². The highest BCUT2D eigenvalue weighted by atomic mass is 19.3. The SMILES string of the molecule is CC(F)(F)c1ccc(-c2ccccc2C(=O)Nc2ccc3c(c2)CCC3)cc1.F. The van der Waals surface area contributed by atoms with Crippen LogP contribution in [0.3, 0.4) is 0 Å². The zero-order valence-corrected chi connectivity index (χ0v) is 16.0. The lowest BCUT2D eigenvalue weighted by molar-refractivity contribution is 0.0175. The minimum atomic E-state index is -2.89. The number of carbonyl (C=O) groups excluding carboxylic acids is 1. The fourth-order valence-electron chi connectivity index (χ4n) is 3.72. The molecule has 0 spiro atoms. The Morgan fingerprint density at radius 1 is 0.931 bits per heavy atom. The molecule has 0 saturated heterocycles. The monoisotopic (exact) mass is 397 g/mol. The van der Waals surface area contributed by atoms with Gasteiger partial charge in [-0.05, 0) is 59.7 Å². The van der Waals surface area contributed by atoms with Crippen molar-refractivity contribution in [3.63, 3.8) is 0 Å². The Morgan fingerprint density at radius 2 is 1.62 bits per heavy atom. The van der Waals surface area contributed by atoms with E-state index in [0.29, 0.717) is 11.1 Å². The number of rotatable bonds is 4. The summed E-state index contributed by atoms with van der Waals surface area (Å²) in [6.07, 6.45) is 3.30. The number of amides is 1. The van der Waals surface area contributed by atoms with Gasteiger partial charge in [-0.15, -0.1) is 0 Å². The van der Waals surface area contributed by atoms with E-state index < -0.39 is 5.92 Å². The summed E-state index contributed by atoms with van der Waals surface area (Å²) in [5.74, 6) is -3.10. The van der Waals surface area contributed by atoms with Crippen LogP contribution >= 0.6 is 0 Å². The molecule has 3 aromatic rings. The number of benzene rings is 3. The van der Waals surface area contributed by atoms with Crippen molar-refractivity contribution in [2.45, 2.75) is 32.1 Å². The van der Waals surface area contributed by atoms with E-state index in [2.05, 4.69) is 11.4 Å². The van der Waals surface area contributed by atoms with Crippen LogP contribution in [0.4, 0.5) is 19.2 Å². The Labute approximate surface area is 168 Å². The van der Waals surface area contributed by atoms with E-state index in [1.54, 1.807) is 24.3 Å². The smallest absolute Gasteiger partial charge is 0.270 e. The topological polar surface area (TPSA) is 29.1 Å². The second kappa shape index (κ2) is 8.11. The van der Waals surface area contributed by atoms with Gasteiger partial charge < -0.3 is 5.32 Å². The van der Waals surface area contributed by atoms with Gasteiger partial charge in [-0.1, -0.05) is 48.5 Å². The van der Waals surface area contributed by atoms with E-state index in [4.69, 9.17) is 0 Å². The molecule has 1 aliphatic rings. The van der Waals surface area contributed by atoms with Gasteiger partial charge >= 0.3 is 0 Å². The molecule has 0 atom stereocenters. The van der Waals surface area contributed by atoms with Crippen molar-refractivity contribution in [1.29, 1.82) is 0 Å². The first kappa shape index (κ1) is 20.6. The van der Waals surface area contributed by atoms with Gasteiger partial charge in [0.1, 0.15) is 0 Å². The zero-order chi connectivity index (χ0) is 19.7. The second-order valence-electron chi connectivity index (χ2n) is 7.30. The summed E-state index contributed by atoms with van der Waals surface area (Å²) in [6, 6.07) is 19.4. The zero-order valence-electron chi connectivity index (χ0n) is 16.0. The highest BCUT2D eigenvalue weighted by Crippen LogP contribution is 2.31. The number of fused-ring (bicyclic) bond motifs is 1. The standard InChI is InChI=1S/C24H21F2NO.FH/c1-24(25,26)19-12-9-17(10-13-19)21-7-2-3-8-22(21)23(28)27-20-14-11-16-5-4-6-18(16)15-20;/h2-3,7-15H,4-6H2,1H3,(H,27,28);1H. The Balaban J connectivity index is 0.00000240. The minimum Gasteiger partial charge on any atom is -0.322 e. The summed E-state index contributed by atoms with van der Waals surface area (Å²) in [6.45, 7) is 0.875. The van der Waals surface area contributed by atoms with Crippen molar-refractivity contribution in [1.82, 2.24) is 0 Å². The largest absolute Gasteiger partial charge is 0.322 e. The average molecular weight is 397 g/mol. The molecule has 4 rings (SSSR count). The highest BCUT2D eigenvalue weighted by Gasteiger charge is 2.24. The molecule has 0 unspecified atom stereocenters.